The summed E-state index contributed by atoms with van der Waals surface area (Å²) in [4.78, 5) is 12.1. The molecule has 1 atom stereocenters. The van der Waals surface area contributed by atoms with Gasteiger partial charge in [0.2, 0.25) is 0 Å². The van der Waals surface area contributed by atoms with Crippen molar-refractivity contribution in [2.75, 3.05) is 5.75 Å². The third-order valence-electron chi connectivity index (χ3n) is 5.88. The first-order valence-electron chi connectivity index (χ1n) is 11.9. The molecule has 188 valence electrons. The predicted molar refractivity (Wildman–Crippen MR) is 153 cm³/mol. The van der Waals surface area contributed by atoms with Crippen LogP contribution in [0, 0.1) is 31.6 Å². The lowest BCUT2D eigenvalue weighted by Crippen LogP contribution is -2.23. The zero-order valence-corrected chi connectivity index (χ0v) is 21.9. The minimum Gasteiger partial charge on any atom is -0.479 e. The van der Waals surface area contributed by atoms with E-state index in [1.807, 2.05) is 79.7 Å². The van der Waals surface area contributed by atoms with E-state index in [0.29, 0.717) is 11.5 Å². The quantitative estimate of drug-likeness (QED) is 0.173. The van der Waals surface area contributed by atoms with Crippen molar-refractivity contribution in [1.29, 1.82) is 0 Å². The first-order valence-corrected chi connectivity index (χ1v) is 12.9. The molecule has 0 aromatic heterocycles. The number of carboxylic acids is 1. The lowest BCUT2D eigenvalue weighted by atomic mass is 9.91. The van der Waals surface area contributed by atoms with Crippen molar-refractivity contribution >= 4 is 23.3 Å². The summed E-state index contributed by atoms with van der Waals surface area (Å²) in [5.41, 5.74) is 6.72. The second-order valence-corrected chi connectivity index (χ2v) is 9.63. The maximum atomic E-state index is 11.1. The van der Waals surface area contributed by atoms with Crippen molar-refractivity contribution in [3.05, 3.63) is 113 Å². The Balaban J connectivity index is 0.000000589. The van der Waals surface area contributed by atoms with Gasteiger partial charge in [-0.25, -0.2) is 4.79 Å². The van der Waals surface area contributed by atoms with Crippen LogP contribution in [0.15, 0.2) is 94.4 Å². The fourth-order valence-electron chi connectivity index (χ4n) is 3.73. The number of rotatable bonds is 8. The Morgan fingerprint density at radius 3 is 2.08 bits per heavy atom. The molecule has 0 radical (unpaired) electrons. The number of ether oxygens (including phenoxy) is 1. The highest BCUT2D eigenvalue weighted by molar-refractivity contribution is 7.99. The maximum Gasteiger partial charge on any atom is 0.344 e. The van der Waals surface area contributed by atoms with E-state index in [4.69, 9.17) is 27.1 Å². The lowest BCUT2D eigenvalue weighted by Gasteiger charge is -2.14. The van der Waals surface area contributed by atoms with Gasteiger partial charge in [-0.2, -0.15) is 0 Å². The normalized spacial score (nSPS) is 11.2. The van der Waals surface area contributed by atoms with Gasteiger partial charge < -0.3 is 14.3 Å². The largest absolute Gasteiger partial charge is 0.479 e. The molecule has 3 aromatic rings. The summed E-state index contributed by atoms with van der Waals surface area (Å²) < 4.78 is 10.2. The number of hydrogen-bond donors (Lipinski definition) is 1. The molecular formula is C33H26O4S. The third-order valence-corrected chi connectivity index (χ3v) is 6.80. The Kier molecular flexibility index (Phi) is 8.44. The third kappa shape index (κ3) is 6.40. The van der Waals surface area contributed by atoms with Gasteiger partial charge in [-0.05, 0) is 72.5 Å². The number of aliphatic carboxylic acids is 1. The van der Waals surface area contributed by atoms with Crippen LogP contribution in [0.1, 0.15) is 34.7 Å². The SMILES string of the molecule is C#Cc1ccccc1C(=CCSc1ccc(OC(C)C(=O)O)c(C)c1)c1ccccc1C#C.c1oc2cc1-2. The van der Waals surface area contributed by atoms with E-state index in [2.05, 4.69) is 17.9 Å². The molecule has 1 unspecified atom stereocenters. The van der Waals surface area contributed by atoms with Gasteiger partial charge in [0.15, 0.2) is 6.10 Å². The molecule has 2 aliphatic rings. The molecule has 0 fully saturated rings. The fourth-order valence-corrected chi connectivity index (χ4v) is 4.59. The van der Waals surface area contributed by atoms with Crippen molar-refractivity contribution < 1.29 is 19.1 Å². The second kappa shape index (κ2) is 12.1. The zero-order chi connectivity index (χ0) is 27.1. The van der Waals surface area contributed by atoms with Gasteiger partial charge in [0.05, 0.1) is 5.56 Å². The first-order chi connectivity index (χ1) is 18.4. The van der Waals surface area contributed by atoms with Crippen molar-refractivity contribution in [2.45, 2.75) is 24.8 Å². The van der Waals surface area contributed by atoms with Gasteiger partial charge in [-0.3, -0.25) is 0 Å². The zero-order valence-electron chi connectivity index (χ0n) is 21.1. The molecule has 5 heteroatoms. The van der Waals surface area contributed by atoms with Crippen molar-refractivity contribution in [3.8, 4) is 41.8 Å². The summed E-state index contributed by atoms with van der Waals surface area (Å²) in [5, 5.41) is 9.06. The Bertz CT molecular complexity index is 1500. The molecule has 4 nitrogen and oxygen atoms in total. The van der Waals surface area contributed by atoms with Gasteiger partial charge in [-0.15, -0.1) is 24.6 Å². The average Bonchev–Trinajstić information content (AvgIpc) is 3.52. The van der Waals surface area contributed by atoms with E-state index in [9.17, 15) is 4.79 Å². The van der Waals surface area contributed by atoms with E-state index >= 15 is 0 Å². The fraction of sp³-hybridized carbons (Fsp3) is 0.121. The first kappa shape index (κ1) is 26.5. The minimum atomic E-state index is -0.995. The standard InChI is InChI=1S/C29H24O3S.C4H2O/c1-5-22-11-7-9-13-25(22)27(26-14-10-8-12-23(26)6-2)17-18-33-24-15-16-28(20(3)19-24)32-21(4)29(30)31;1-3-2-5-4(1)3/h1-2,7-17,19,21H,18H2,3-4H3,(H,30,31);1-2H. The topological polar surface area (TPSA) is 59.7 Å². The molecule has 3 aromatic carbocycles. The Morgan fingerprint density at radius 2 is 1.63 bits per heavy atom. The van der Waals surface area contributed by atoms with Gasteiger partial charge in [0, 0.05) is 21.8 Å². The number of furan rings is 1. The number of hydrogen-bond acceptors (Lipinski definition) is 4. The van der Waals surface area contributed by atoms with E-state index < -0.39 is 12.1 Å². The molecule has 0 saturated heterocycles. The van der Waals surface area contributed by atoms with Crippen LogP contribution in [0.4, 0.5) is 0 Å². The van der Waals surface area contributed by atoms with Crippen LogP contribution in [-0.4, -0.2) is 22.9 Å². The molecule has 1 aliphatic heterocycles. The van der Waals surface area contributed by atoms with E-state index in [1.165, 1.54) is 12.5 Å². The van der Waals surface area contributed by atoms with E-state index in [0.717, 1.165) is 44.0 Å². The van der Waals surface area contributed by atoms with Crippen LogP contribution in [0.25, 0.3) is 16.9 Å². The van der Waals surface area contributed by atoms with Crippen LogP contribution in [0.2, 0.25) is 0 Å². The molecule has 0 spiro atoms. The highest BCUT2D eigenvalue weighted by atomic mass is 32.2. The second-order valence-electron chi connectivity index (χ2n) is 8.53. The lowest BCUT2D eigenvalue weighted by molar-refractivity contribution is -0.144. The average molecular weight is 519 g/mol. The predicted octanol–water partition coefficient (Wildman–Crippen LogP) is 7.29. The van der Waals surface area contributed by atoms with Gasteiger partial charge in [-0.1, -0.05) is 54.3 Å². The van der Waals surface area contributed by atoms with Gasteiger partial charge in [0.25, 0.3) is 0 Å². The summed E-state index contributed by atoms with van der Waals surface area (Å²) in [7, 11) is 0. The smallest absolute Gasteiger partial charge is 0.344 e. The van der Waals surface area contributed by atoms with Crippen LogP contribution in [-0.2, 0) is 4.79 Å². The van der Waals surface area contributed by atoms with Crippen LogP contribution in [0.5, 0.6) is 5.75 Å². The van der Waals surface area contributed by atoms with Crippen LogP contribution >= 0.6 is 11.8 Å². The maximum absolute atomic E-state index is 11.1. The minimum absolute atomic E-state index is 0.566. The Morgan fingerprint density at radius 1 is 1.03 bits per heavy atom. The summed E-state index contributed by atoms with van der Waals surface area (Å²) >= 11 is 1.66. The molecule has 1 aliphatic carbocycles. The summed E-state index contributed by atoms with van der Waals surface area (Å²) in [6.45, 7) is 3.42. The summed E-state index contributed by atoms with van der Waals surface area (Å²) in [6, 6.07) is 23.4. The van der Waals surface area contributed by atoms with Crippen LogP contribution < -0.4 is 4.74 Å². The molecular weight excluding hydrogens is 492 g/mol. The molecule has 5 rings (SSSR count). The van der Waals surface area contributed by atoms with Crippen molar-refractivity contribution in [1.82, 2.24) is 0 Å². The molecule has 1 N–H and O–H groups in total. The summed E-state index contributed by atoms with van der Waals surface area (Å²) in [5.74, 6) is 6.90. The highest BCUT2D eigenvalue weighted by Gasteiger charge is 2.17. The Labute approximate surface area is 227 Å². The number of aryl methyl sites for hydroxylation is 1. The molecule has 0 amide bonds. The molecule has 0 bridgehead atoms. The molecule has 38 heavy (non-hydrogen) atoms. The number of terminal acetylenes is 2. The number of fused-ring (bicyclic) bond motifs is 1. The number of benzene rings is 3. The number of thioether (sulfide) groups is 1. The van der Waals surface area contributed by atoms with Crippen molar-refractivity contribution in [2.24, 2.45) is 0 Å². The highest BCUT2D eigenvalue weighted by Crippen LogP contribution is 2.36. The molecule has 1 heterocycles. The monoisotopic (exact) mass is 518 g/mol. The van der Waals surface area contributed by atoms with E-state index in [-0.39, 0.29) is 0 Å². The van der Waals surface area contributed by atoms with Crippen molar-refractivity contribution in [3.63, 3.8) is 0 Å². The number of carboxylic acid groups (broad SMARTS) is 1. The number of carbonyl (C=O) groups is 1. The van der Waals surface area contributed by atoms with Crippen LogP contribution in [0.3, 0.4) is 0 Å². The van der Waals surface area contributed by atoms with Gasteiger partial charge in [0.1, 0.15) is 17.8 Å². The Hall–Kier alpha value is -4.58. The van der Waals surface area contributed by atoms with Gasteiger partial charge >= 0.3 is 5.97 Å². The summed E-state index contributed by atoms with van der Waals surface area (Å²) in [6.07, 6.45) is 14.5. The van der Waals surface area contributed by atoms with E-state index in [1.54, 1.807) is 18.0 Å². The molecule has 0 saturated carbocycles.